The van der Waals surface area contributed by atoms with Crippen LogP contribution in [0.5, 0.6) is 5.75 Å². The molecule has 13 heteroatoms. The second kappa shape index (κ2) is 9.02. The van der Waals surface area contributed by atoms with Gasteiger partial charge in [0.05, 0.1) is 29.1 Å². The van der Waals surface area contributed by atoms with Gasteiger partial charge in [0.15, 0.2) is 17.2 Å². The molecule has 0 saturated carbocycles. The van der Waals surface area contributed by atoms with E-state index in [2.05, 4.69) is 5.32 Å². The summed E-state index contributed by atoms with van der Waals surface area (Å²) in [7, 11) is -1.24. The molecular formula is C21H22F5N3O4S. The third-order valence-electron chi connectivity index (χ3n) is 5.63. The number of hydrogen-bond acceptors (Lipinski definition) is 6. The maximum Gasteiger partial charge on any atom is 0.419 e. The highest BCUT2D eigenvalue weighted by Gasteiger charge is 2.63. The fourth-order valence-electron chi connectivity index (χ4n) is 3.81. The summed E-state index contributed by atoms with van der Waals surface area (Å²) in [5, 5.41) is 2.45. The first kappa shape index (κ1) is 25.7. The minimum atomic E-state index is -4.89. The first-order valence-corrected chi connectivity index (χ1v) is 11.8. The van der Waals surface area contributed by atoms with Crippen LogP contribution >= 0.6 is 0 Å². The van der Waals surface area contributed by atoms with Crippen molar-refractivity contribution in [2.45, 2.75) is 29.1 Å². The summed E-state index contributed by atoms with van der Waals surface area (Å²) in [6, 6.07) is 5.76. The van der Waals surface area contributed by atoms with E-state index in [0.29, 0.717) is 0 Å². The molecule has 0 aromatic heterocycles. The van der Waals surface area contributed by atoms with Crippen LogP contribution in [0.15, 0.2) is 41.3 Å². The van der Waals surface area contributed by atoms with E-state index in [-0.39, 0.29) is 16.3 Å². The largest absolute Gasteiger partial charge is 0.491 e. The minimum absolute atomic E-state index is 0.100. The molecule has 1 saturated heterocycles. The topological polar surface area (TPSA) is 91.7 Å². The maximum absolute atomic E-state index is 14.3. The average molecular weight is 507 g/mol. The molecule has 34 heavy (non-hydrogen) atoms. The van der Waals surface area contributed by atoms with E-state index in [4.69, 9.17) is 14.3 Å². The van der Waals surface area contributed by atoms with Crippen molar-refractivity contribution in [2.75, 3.05) is 37.2 Å². The Morgan fingerprint density at radius 3 is 2.47 bits per heavy atom. The second-order valence-electron chi connectivity index (χ2n) is 7.82. The summed E-state index contributed by atoms with van der Waals surface area (Å²) < 4.78 is 99.4. The van der Waals surface area contributed by atoms with Gasteiger partial charge in [-0.05, 0) is 30.3 Å². The number of nitrogens with zero attached hydrogens (tertiary/aromatic N) is 1. The molecule has 1 heterocycles. The molecule has 1 amide bonds. The van der Waals surface area contributed by atoms with Crippen LogP contribution in [-0.4, -0.2) is 55.0 Å². The fourth-order valence-corrected chi connectivity index (χ4v) is 4.50. The summed E-state index contributed by atoms with van der Waals surface area (Å²) in [4.78, 5) is 14.2. The molecular weight excluding hydrogens is 485 g/mol. The van der Waals surface area contributed by atoms with E-state index in [0.717, 1.165) is 31.3 Å². The van der Waals surface area contributed by atoms with Gasteiger partial charge in [-0.25, -0.2) is 13.4 Å². The van der Waals surface area contributed by atoms with Crippen LogP contribution in [-0.2, 0) is 19.3 Å². The van der Waals surface area contributed by atoms with Crippen molar-refractivity contribution in [2.24, 2.45) is 0 Å². The number of nitrogens with one attached hydrogen (secondary N) is 2. The zero-order chi connectivity index (χ0) is 25.5. The third kappa shape index (κ3) is 4.67. The molecule has 0 aliphatic carbocycles. The predicted molar refractivity (Wildman–Crippen MR) is 115 cm³/mol. The molecule has 186 valence electrons. The van der Waals surface area contributed by atoms with Crippen molar-refractivity contribution in [3.8, 4) is 5.75 Å². The maximum atomic E-state index is 14.3. The number of carbonyl (C=O) groups is 1. The number of methoxy groups -OCH3 is 2. The van der Waals surface area contributed by atoms with E-state index in [9.17, 15) is 31.0 Å². The molecule has 7 nitrogen and oxygen atoms in total. The summed E-state index contributed by atoms with van der Waals surface area (Å²) in [5.41, 5.74) is -2.93. The molecule has 2 aromatic carbocycles. The first-order chi connectivity index (χ1) is 15.7. The first-order valence-electron chi connectivity index (χ1n) is 9.79. The lowest BCUT2D eigenvalue weighted by Gasteiger charge is -2.31. The van der Waals surface area contributed by atoms with Crippen LogP contribution in [0.1, 0.15) is 6.42 Å². The number of halogens is 5. The van der Waals surface area contributed by atoms with E-state index < -0.39 is 63.8 Å². The van der Waals surface area contributed by atoms with Crippen molar-refractivity contribution >= 4 is 27.0 Å². The molecule has 1 fully saturated rings. The van der Waals surface area contributed by atoms with Gasteiger partial charge in [0.2, 0.25) is 11.7 Å². The number of carbonyl (C=O) groups excluding carboxylic acids is 1. The Kier molecular flexibility index (Phi) is 6.82. The monoisotopic (exact) mass is 507 g/mol. The lowest BCUT2D eigenvalue weighted by Crippen LogP contribution is -2.49. The Balaban J connectivity index is 2.06. The molecule has 0 spiro atoms. The van der Waals surface area contributed by atoms with Gasteiger partial charge in [-0.1, -0.05) is 6.07 Å². The average Bonchev–Trinajstić information content (AvgIpc) is 3.16. The number of anilines is 2. The number of hydrogen-bond donors (Lipinski definition) is 2. The predicted octanol–water partition coefficient (Wildman–Crippen LogP) is 4.17. The van der Waals surface area contributed by atoms with E-state index in [1.165, 1.54) is 30.5 Å². The van der Waals surface area contributed by atoms with Gasteiger partial charge in [-0.3, -0.25) is 4.79 Å². The number of benzene rings is 2. The normalized spacial score (nSPS) is 22.4. The summed E-state index contributed by atoms with van der Waals surface area (Å²) in [6.45, 7) is -0.887. The minimum Gasteiger partial charge on any atom is -0.491 e. The highest BCUT2D eigenvalue weighted by atomic mass is 32.2. The van der Waals surface area contributed by atoms with Crippen LogP contribution < -0.4 is 15.0 Å². The Morgan fingerprint density at radius 2 is 1.91 bits per heavy atom. The molecule has 0 unspecified atom stereocenters. The highest BCUT2D eigenvalue weighted by Crippen LogP contribution is 2.47. The zero-order valence-corrected chi connectivity index (χ0v) is 19.2. The number of amides is 1. The Bertz CT molecular complexity index is 1210. The van der Waals surface area contributed by atoms with Gasteiger partial charge in [0.25, 0.3) is 0 Å². The molecule has 1 aliphatic rings. The molecule has 0 bridgehead atoms. The second-order valence-corrected chi connectivity index (χ2v) is 9.98. The molecule has 2 aromatic rings. The van der Waals surface area contributed by atoms with E-state index in [1.807, 2.05) is 0 Å². The standard InChI is InChI=1S/C21H22F5N3O4S/c1-32-18-15(8-7-14(22)17(18)23)29-11-20(33-2,21(24,25)26)10-16(29)19(30)28-12-5-4-6-13(9-12)34(3,27)31/h4-9,16,27H,10-11H2,1-3H3,(H,28,30)/t16-,20+,34+/m0/s1. The van der Waals surface area contributed by atoms with Gasteiger partial charge in [0.1, 0.15) is 6.04 Å². The smallest absolute Gasteiger partial charge is 0.419 e. The van der Waals surface area contributed by atoms with E-state index >= 15 is 0 Å². The van der Waals surface area contributed by atoms with Crippen molar-refractivity contribution in [3.05, 3.63) is 48.0 Å². The van der Waals surface area contributed by atoms with Gasteiger partial charge < -0.3 is 19.7 Å². The molecule has 1 aliphatic heterocycles. The van der Waals surface area contributed by atoms with Crippen molar-refractivity contribution in [1.29, 1.82) is 4.78 Å². The van der Waals surface area contributed by atoms with Crippen molar-refractivity contribution in [1.82, 2.24) is 0 Å². The quantitative estimate of drug-likeness (QED) is 0.573. The molecule has 2 N–H and O–H groups in total. The molecule has 0 radical (unpaired) electrons. The van der Waals surface area contributed by atoms with Crippen molar-refractivity contribution in [3.63, 3.8) is 0 Å². The van der Waals surface area contributed by atoms with Crippen LogP contribution in [0.4, 0.5) is 33.3 Å². The SMILES string of the molecule is COc1c(N2C[C@@](OC)(C(F)(F)F)C[C@H]2C(=O)Nc2cccc([S@](C)(=N)=O)c2)ccc(F)c1F. The van der Waals surface area contributed by atoms with Gasteiger partial charge in [-0.2, -0.15) is 17.6 Å². The number of alkyl halides is 3. The summed E-state index contributed by atoms with van der Waals surface area (Å²) >= 11 is 0. The van der Waals surface area contributed by atoms with E-state index in [1.54, 1.807) is 0 Å². The Labute approximate surface area is 192 Å². The van der Waals surface area contributed by atoms with Crippen LogP contribution in [0.3, 0.4) is 0 Å². The molecule has 3 rings (SSSR count). The Hall–Kier alpha value is -2.93. The van der Waals surface area contributed by atoms with Crippen molar-refractivity contribution < 1.29 is 40.4 Å². The van der Waals surface area contributed by atoms with Gasteiger partial charge >= 0.3 is 6.18 Å². The third-order valence-corrected chi connectivity index (χ3v) is 6.78. The number of ether oxygens (including phenoxy) is 2. The molecule has 3 atom stereocenters. The lowest BCUT2D eigenvalue weighted by atomic mass is 9.99. The van der Waals surface area contributed by atoms with Gasteiger partial charge in [-0.15, -0.1) is 0 Å². The summed E-state index contributed by atoms with van der Waals surface area (Å²) in [6.07, 6.45) is -4.55. The Morgan fingerprint density at radius 1 is 1.24 bits per heavy atom. The summed E-state index contributed by atoms with van der Waals surface area (Å²) in [5.74, 6) is -4.25. The van der Waals surface area contributed by atoms with Crippen LogP contribution in [0.2, 0.25) is 0 Å². The van der Waals surface area contributed by atoms with Crippen LogP contribution in [0.25, 0.3) is 0 Å². The zero-order valence-electron chi connectivity index (χ0n) is 18.3. The lowest BCUT2D eigenvalue weighted by molar-refractivity contribution is -0.261. The highest BCUT2D eigenvalue weighted by molar-refractivity contribution is 7.91. The fraction of sp³-hybridized carbons (Fsp3) is 0.381. The van der Waals surface area contributed by atoms with Crippen LogP contribution in [0, 0.1) is 16.4 Å². The number of rotatable bonds is 6. The van der Waals surface area contributed by atoms with Gasteiger partial charge in [0, 0.05) is 30.4 Å².